The van der Waals surface area contributed by atoms with Gasteiger partial charge in [0.1, 0.15) is 5.82 Å². The molecule has 0 aliphatic carbocycles. The van der Waals surface area contributed by atoms with Gasteiger partial charge in [-0.1, -0.05) is 13.8 Å². The zero-order chi connectivity index (χ0) is 16.3. The van der Waals surface area contributed by atoms with Gasteiger partial charge in [-0.3, -0.25) is 9.78 Å². The maximum atomic E-state index is 13.2. The first-order valence-electron chi connectivity index (χ1n) is 7.48. The number of hydrogen-bond donors (Lipinski definition) is 2. The Bertz CT molecular complexity index is 685. The van der Waals surface area contributed by atoms with Crippen LogP contribution in [0.1, 0.15) is 36.3 Å². The highest BCUT2D eigenvalue weighted by atomic mass is 19.1. The normalized spacial score (nSPS) is 12.6. The molecule has 1 atom stereocenters. The van der Waals surface area contributed by atoms with Gasteiger partial charge in [0.05, 0.1) is 16.8 Å². The summed E-state index contributed by atoms with van der Waals surface area (Å²) in [7, 11) is 0. The highest BCUT2D eigenvalue weighted by Crippen LogP contribution is 2.18. The monoisotopic (exact) mass is 303 g/mol. The van der Waals surface area contributed by atoms with Gasteiger partial charge >= 0.3 is 0 Å². The molecule has 0 saturated heterocycles. The second kappa shape index (κ2) is 6.83. The van der Waals surface area contributed by atoms with E-state index in [1.54, 1.807) is 19.1 Å². The molecule has 0 spiro atoms. The largest absolute Gasteiger partial charge is 0.348 e. The maximum absolute atomic E-state index is 13.2. The smallest absolute Gasteiger partial charge is 0.253 e. The molecular weight excluding hydrogens is 281 g/mol. The van der Waals surface area contributed by atoms with Crippen LogP contribution in [0.25, 0.3) is 10.9 Å². The van der Waals surface area contributed by atoms with E-state index in [9.17, 15) is 9.18 Å². The van der Waals surface area contributed by atoms with Crippen molar-refractivity contribution in [1.29, 1.82) is 0 Å². The zero-order valence-corrected chi connectivity index (χ0v) is 13.2. The van der Waals surface area contributed by atoms with Crippen molar-refractivity contribution in [1.82, 2.24) is 10.3 Å². The van der Waals surface area contributed by atoms with Gasteiger partial charge in [-0.25, -0.2) is 4.39 Å². The second-order valence-corrected chi connectivity index (χ2v) is 5.99. The Morgan fingerprint density at radius 3 is 2.73 bits per heavy atom. The SMILES string of the molecule is Cc1nc2cc(F)ccc2cc1C(=O)NC(CN)CC(C)C. The van der Waals surface area contributed by atoms with Crippen molar-refractivity contribution in [2.24, 2.45) is 11.7 Å². The predicted octanol–water partition coefficient (Wildman–Crippen LogP) is 2.79. The maximum Gasteiger partial charge on any atom is 0.253 e. The molecule has 5 heteroatoms. The van der Waals surface area contributed by atoms with Gasteiger partial charge in [-0.05, 0) is 37.5 Å². The number of nitrogens with zero attached hydrogens (tertiary/aromatic N) is 1. The first-order valence-corrected chi connectivity index (χ1v) is 7.48. The number of rotatable bonds is 5. The number of amides is 1. The van der Waals surface area contributed by atoms with E-state index in [0.29, 0.717) is 29.2 Å². The van der Waals surface area contributed by atoms with E-state index in [-0.39, 0.29) is 17.8 Å². The highest BCUT2D eigenvalue weighted by Gasteiger charge is 2.16. The first kappa shape index (κ1) is 16.4. The Balaban J connectivity index is 2.27. The third kappa shape index (κ3) is 3.80. The molecule has 1 aromatic carbocycles. The van der Waals surface area contributed by atoms with Gasteiger partial charge in [0.25, 0.3) is 5.91 Å². The number of fused-ring (bicyclic) bond motifs is 1. The lowest BCUT2D eigenvalue weighted by atomic mass is 10.0. The summed E-state index contributed by atoms with van der Waals surface area (Å²) in [4.78, 5) is 16.8. The summed E-state index contributed by atoms with van der Waals surface area (Å²) < 4.78 is 13.2. The fraction of sp³-hybridized carbons (Fsp3) is 0.412. The van der Waals surface area contributed by atoms with Crippen LogP contribution in [0.15, 0.2) is 24.3 Å². The van der Waals surface area contributed by atoms with Crippen LogP contribution in [0, 0.1) is 18.7 Å². The van der Waals surface area contributed by atoms with Crippen LogP contribution in [0.2, 0.25) is 0 Å². The minimum absolute atomic E-state index is 0.0594. The number of aromatic nitrogens is 1. The quantitative estimate of drug-likeness (QED) is 0.892. The van der Waals surface area contributed by atoms with Crippen LogP contribution in [-0.2, 0) is 0 Å². The third-order valence-corrected chi connectivity index (χ3v) is 3.59. The summed E-state index contributed by atoms with van der Waals surface area (Å²) in [6.07, 6.45) is 0.827. The standard InChI is InChI=1S/C17H22FN3O/c1-10(2)6-14(9-19)21-17(22)15-7-12-4-5-13(18)8-16(12)20-11(15)3/h4-5,7-8,10,14H,6,9,19H2,1-3H3,(H,21,22). The van der Waals surface area contributed by atoms with Gasteiger partial charge in [0.15, 0.2) is 0 Å². The molecule has 1 heterocycles. The van der Waals surface area contributed by atoms with Gasteiger partial charge in [-0.15, -0.1) is 0 Å². The minimum Gasteiger partial charge on any atom is -0.348 e. The van der Waals surface area contributed by atoms with Crippen molar-refractivity contribution in [3.8, 4) is 0 Å². The number of benzene rings is 1. The number of carbonyl (C=O) groups excluding carboxylic acids is 1. The molecule has 1 amide bonds. The molecule has 0 aliphatic rings. The summed E-state index contributed by atoms with van der Waals surface area (Å²) in [6.45, 7) is 6.33. The van der Waals surface area contributed by atoms with E-state index in [2.05, 4.69) is 24.1 Å². The lowest BCUT2D eigenvalue weighted by Gasteiger charge is -2.19. The molecule has 3 N–H and O–H groups in total. The van der Waals surface area contributed by atoms with Gasteiger partial charge < -0.3 is 11.1 Å². The molecule has 0 saturated carbocycles. The summed E-state index contributed by atoms with van der Waals surface area (Å²) >= 11 is 0. The summed E-state index contributed by atoms with van der Waals surface area (Å²) in [5.41, 5.74) is 7.35. The minimum atomic E-state index is -0.336. The average Bonchev–Trinajstić information content (AvgIpc) is 2.44. The van der Waals surface area contributed by atoms with Crippen molar-refractivity contribution in [2.75, 3.05) is 6.54 Å². The number of carbonyl (C=O) groups is 1. The fourth-order valence-electron chi connectivity index (χ4n) is 2.51. The van der Waals surface area contributed by atoms with Crippen LogP contribution in [0.3, 0.4) is 0 Å². The number of halogens is 1. The first-order chi connectivity index (χ1) is 10.4. The topological polar surface area (TPSA) is 68.0 Å². The Morgan fingerprint density at radius 1 is 1.36 bits per heavy atom. The van der Waals surface area contributed by atoms with Crippen molar-refractivity contribution in [3.05, 3.63) is 41.3 Å². The molecule has 0 radical (unpaired) electrons. The lowest BCUT2D eigenvalue weighted by molar-refractivity contribution is 0.0933. The molecule has 2 aromatic rings. The molecule has 4 nitrogen and oxygen atoms in total. The lowest BCUT2D eigenvalue weighted by Crippen LogP contribution is -2.41. The third-order valence-electron chi connectivity index (χ3n) is 3.59. The van der Waals surface area contributed by atoms with E-state index in [1.807, 2.05) is 0 Å². The highest BCUT2D eigenvalue weighted by molar-refractivity contribution is 5.98. The molecule has 1 unspecified atom stereocenters. The number of pyridine rings is 1. The van der Waals surface area contributed by atoms with Crippen molar-refractivity contribution < 1.29 is 9.18 Å². The Morgan fingerprint density at radius 2 is 2.09 bits per heavy atom. The molecule has 0 aliphatic heterocycles. The van der Waals surface area contributed by atoms with E-state index in [4.69, 9.17) is 5.73 Å². The number of aryl methyl sites for hydroxylation is 1. The summed E-state index contributed by atoms with van der Waals surface area (Å²) in [5.74, 6) is -0.0725. The molecule has 0 bridgehead atoms. The van der Waals surface area contributed by atoms with Crippen LogP contribution < -0.4 is 11.1 Å². The molecule has 22 heavy (non-hydrogen) atoms. The summed E-state index contributed by atoms with van der Waals surface area (Å²) in [6, 6.07) is 6.04. The Kier molecular flexibility index (Phi) is 5.08. The van der Waals surface area contributed by atoms with Crippen molar-refractivity contribution in [2.45, 2.75) is 33.2 Å². The van der Waals surface area contributed by atoms with Crippen LogP contribution >= 0.6 is 0 Å². The Hall–Kier alpha value is -2.01. The predicted molar refractivity (Wildman–Crippen MR) is 86.2 cm³/mol. The molecule has 0 fully saturated rings. The Labute approximate surface area is 129 Å². The molecule has 1 aromatic heterocycles. The second-order valence-electron chi connectivity index (χ2n) is 5.99. The van der Waals surface area contributed by atoms with Crippen LogP contribution in [0.4, 0.5) is 4.39 Å². The summed E-state index contributed by atoms with van der Waals surface area (Å²) in [5, 5.41) is 3.69. The molecule has 2 rings (SSSR count). The number of hydrogen-bond acceptors (Lipinski definition) is 3. The van der Waals surface area contributed by atoms with Gasteiger partial charge in [0.2, 0.25) is 0 Å². The average molecular weight is 303 g/mol. The van der Waals surface area contributed by atoms with Crippen molar-refractivity contribution in [3.63, 3.8) is 0 Å². The van der Waals surface area contributed by atoms with Gasteiger partial charge in [0, 0.05) is 24.0 Å². The van der Waals surface area contributed by atoms with E-state index >= 15 is 0 Å². The number of nitrogens with two attached hydrogens (primary N) is 1. The van der Waals surface area contributed by atoms with Crippen LogP contribution in [-0.4, -0.2) is 23.5 Å². The molecular formula is C17H22FN3O. The molecule has 118 valence electrons. The fourth-order valence-corrected chi connectivity index (χ4v) is 2.51. The number of nitrogens with one attached hydrogen (secondary N) is 1. The van der Waals surface area contributed by atoms with Crippen LogP contribution in [0.5, 0.6) is 0 Å². The van der Waals surface area contributed by atoms with E-state index in [0.717, 1.165) is 11.8 Å². The van der Waals surface area contributed by atoms with Crippen molar-refractivity contribution >= 4 is 16.8 Å². The van der Waals surface area contributed by atoms with E-state index in [1.165, 1.54) is 12.1 Å². The van der Waals surface area contributed by atoms with E-state index < -0.39 is 0 Å². The zero-order valence-electron chi connectivity index (χ0n) is 13.2. The van der Waals surface area contributed by atoms with Gasteiger partial charge in [-0.2, -0.15) is 0 Å².